The van der Waals surface area contributed by atoms with Crippen LogP contribution in [0.15, 0.2) is 0 Å². The van der Waals surface area contributed by atoms with Crippen molar-refractivity contribution < 1.29 is 133 Å². The molecule has 25 heteroatoms. The number of hydrogen-bond donors (Lipinski definition) is 10. The summed E-state index contributed by atoms with van der Waals surface area (Å²) in [6, 6.07) is 0.324. The Hall–Kier alpha value is 1.54. The van der Waals surface area contributed by atoms with Crippen LogP contribution in [0.1, 0.15) is 32.6 Å². The minimum Gasteiger partial charge on any atom is -0.400 e. The van der Waals surface area contributed by atoms with Crippen LogP contribution in [-0.2, 0) is 83.9 Å². The molecule has 0 aromatic rings. The number of methoxy groups -OCH3 is 1. The Morgan fingerprint density at radius 2 is 1.04 bits per heavy atom. The average molecular weight is 883 g/mol. The SMILES string of the molecule is CCC(C[Si](O)(OC)OC)OC1CCC(COC[Si](O)(OC)O[Si](C)(O)OC)CC1OC.CO.CO.CO.CO.CO.CO[Si](C)(O)O.[Ti].[Ti]. The fourth-order valence-electron chi connectivity index (χ4n) is 3.63. The summed E-state index contributed by atoms with van der Waals surface area (Å²) < 4.78 is 47.5. The third-order valence-electron chi connectivity index (χ3n) is 6.16. The van der Waals surface area contributed by atoms with E-state index < -0.39 is 35.2 Å². The van der Waals surface area contributed by atoms with Crippen LogP contribution in [0.5, 0.6) is 0 Å². The Morgan fingerprint density at radius 3 is 1.36 bits per heavy atom. The maximum absolute atomic E-state index is 10.5. The van der Waals surface area contributed by atoms with E-state index in [1.807, 2.05) is 6.92 Å². The van der Waals surface area contributed by atoms with Gasteiger partial charge >= 0.3 is 35.2 Å². The van der Waals surface area contributed by atoms with Crippen molar-refractivity contribution in [3.05, 3.63) is 0 Å². The van der Waals surface area contributed by atoms with Crippen molar-refractivity contribution in [1.29, 1.82) is 0 Å². The second-order valence-corrected chi connectivity index (χ2v) is 19.3. The van der Waals surface area contributed by atoms with Gasteiger partial charge in [0.1, 0.15) is 6.23 Å². The van der Waals surface area contributed by atoms with Gasteiger partial charge in [-0.15, -0.1) is 0 Å². The molecule has 6 atom stereocenters. The molecule has 10 N–H and O–H groups in total. The number of aliphatic hydroxyl groups is 5. The van der Waals surface area contributed by atoms with E-state index in [1.54, 1.807) is 7.11 Å². The molecule has 0 bridgehead atoms. The summed E-state index contributed by atoms with van der Waals surface area (Å²) in [4.78, 5) is 47.5. The Bertz CT molecular complexity index is 649. The first-order valence-corrected chi connectivity index (χ1v) is 23.1. The zero-order valence-electron chi connectivity index (χ0n) is 32.4. The molecule has 19 nitrogen and oxygen atoms in total. The maximum Gasteiger partial charge on any atom is 0.517 e. The summed E-state index contributed by atoms with van der Waals surface area (Å²) >= 11 is 0. The van der Waals surface area contributed by atoms with Gasteiger partial charge in [0.05, 0.1) is 18.3 Å². The van der Waals surface area contributed by atoms with Crippen LogP contribution in [-0.4, -0.2) is 194 Å². The predicted molar refractivity (Wildman–Crippen MR) is 185 cm³/mol. The monoisotopic (exact) mass is 882 g/mol. The Kier molecular flexibility index (Phi) is 60.1. The molecule has 0 saturated heterocycles. The molecule has 0 heterocycles. The van der Waals surface area contributed by atoms with E-state index in [4.69, 9.17) is 71.2 Å². The summed E-state index contributed by atoms with van der Waals surface area (Å²) in [5, 5.41) is 35.0. The molecule has 1 aliphatic carbocycles. The first-order valence-electron chi connectivity index (χ1n) is 14.6. The third-order valence-corrected chi connectivity index (χ3v) is 13.9. The number of rotatable bonds is 17. The molecule has 0 aromatic carbocycles. The normalized spacial score (nSPS) is 19.3. The van der Waals surface area contributed by atoms with E-state index in [2.05, 4.69) is 4.43 Å². The molecule has 308 valence electrons. The minimum atomic E-state index is -3.70. The molecule has 0 amide bonds. The standard InChI is InChI=1S/C18H42O11Si3.C2H8O3Si.5CH4O.2Ti/c1-8-16(13-31(20,24-4)25-5)28-17-10-9-15(11-18(17)22-2)12-27-14-32(21,26-6)29-30(7,19)23-3;1-5-6(2,3)4;5*1-2;;/h15-21H,8-14H2,1-7H3;3-4H,1-2H3;5*2H,1H3;;. The van der Waals surface area contributed by atoms with E-state index >= 15 is 0 Å². The van der Waals surface area contributed by atoms with E-state index in [0.717, 1.165) is 61.2 Å². The van der Waals surface area contributed by atoms with Gasteiger partial charge in [-0.25, -0.2) is 0 Å². The number of aliphatic hydroxyl groups excluding tert-OH is 5. The molecular formula is C25H70O19Si4Ti2. The summed E-state index contributed by atoms with van der Waals surface area (Å²) in [6.45, 7) is 5.06. The summed E-state index contributed by atoms with van der Waals surface area (Å²) in [5.74, 6) is 0.208. The zero-order valence-corrected chi connectivity index (χ0v) is 39.5. The molecule has 0 aromatic heterocycles. The van der Waals surface area contributed by atoms with Crippen LogP contribution in [0.3, 0.4) is 0 Å². The van der Waals surface area contributed by atoms with Gasteiger partial charge in [0, 0.05) is 147 Å². The minimum absolute atomic E-state index is 0. The van der Waals surface area contributed by atoms with E-state index in [-0.39, 0.29) is 73.9 Å². The van der Waals surface area contributed by atoms with Crippen molar-refractivity contribution >= 4 is 35.2 Å². The molecule has 0 aliphatic heterocycles. The van der Waals surface area contributed by atoms with Crippen LogP contribution in [0.2, 0.25) is 19.1 Å². The van der Waals surface area contributed by atoms with Gasteiger partial charge in [0.2, 0.25) is 0 Å². The van der Waals surface area contributed by atoms with Crippen molar-refractivity contribution in [3.63, 3.8) is 0 Å². The molecule has 0 spiro atoms. The second kappa shape index (κ2) is 43.3. The molecule has 50 heavy (non-hydrogen) atoms. The van der Waals surface area contributed by atoms with Crippen molar-refractivity contribution in [2.45, 2.75) is 70.1 Å². The Morgan fingerprint density at radius 1 is 0.620 bits per heavy atom. The summed E-state index contributed by atoms with van der Waals surface area (Å²) in [5.41, 5.74) is 0. The fraction of sp³-hybridized carbons (Fsp3) is 1.00. The van der Waals surface area contributed by atoms with E-state index in [0.29, 0.717) is 12.7 Å². The molecule has 6 unspecified atom stereocenters. The molecule has 1 fully saturated rings. The van der Waals surface area contributed by atoms with Gasteiger partial charge in [-0.05, 0) is 31.6 Å². The van der Waals surface area contributed by atoms with Crippen LogP contribution in [0.25, 0.3) is 0 Å². The van der Waals surface area contributed by atoms with Crippen LogP contribution < -0.4 is 0 Å². The first-order chi connectivity index (χ1) is 22.5. The smallest absolute Gasteiger partial charge is 0.400 e. The zero-order chi connectivity index (χ0) is 39.6. The molecule has 1 saturated carbocycles. The molecule has 1 aliphatic rings. The summed E-state index contributed by atoms with van der Waals surface area (Å²) in [6.07, 6.45) is 2.51. The number of hydrogen-bond acceptors (Lipinski definition) is 19. The van der Waals surface area contributed by atoms with Gasteiger partial charge in [-0.3, -0.25) is 0 Å². The van der Waals surface area contributed by atoms with E-state index in [1.165, 1.54) is 48.6 Å². The molecule has 0 radical (unpaired) electrons. The predicted octanol–water partition coefficient (Wildman–Crippen LogP) is -2.23. The molecule has 1 rings (SSSR count). The maximum atomic E-state index is 10.5. The Labute approximate surface area is 334 Å². The Balaban J connectivity index is -0.000000140. The first kappa shape index (κ1) is 69.4. The van der Waals surface area contributed by atoms with Crippen molar-refractivity contribution in [2.75, 3.05) is 91.0 Å². The molecular weight excluding hydrogens is 812 g/mol. The van der Waals surface area contributed by atoms with Crippen molar-refractivity contribution in [1.82, 2.24) is 0 Å². The number of ether oxygens (including phenoxy) is 3. The fourth-order valence-corrected chi connectivity index (χ4v) is 8.86. The van der Waals surface area contributed by atoms with Gasteiger partial charge in [0.15, 0.2) is 0 Å². The van der Waals surface area contributed by atoms with Crippen LogP contribution in [0, 0.1) is 5.92 Å². The topological polar surface area (TPSA) is 285 Å². The average Bonchev–Trinajstić information content (AvgIpc) is 3.12. The van der Waals surface area contributed by atoms with Crippen molar-refractivity contribution in [3.8, 4) is 0 Å². The van der Waals surface area contributed by atoms with Crippen LogP contribution >= 0.6 is 0 Å². The van der Waals surface area contributed by atoms with Crippen LogP contribution in [0.4, 0.5) is 0 Å². The van der Waals surface area contributed by atoms with Gasteiger partial charge < -0.3 is 90.0 Å². The summed E-state index contributed by atoms with van der Waals surface area (Å²) in [7, 11) is -0.0464. The largest absolute Gasteiger partial charge is 0.517 e. The van der Waals surface area contributed by atoms with Gasteiger partial charge in [0.25, 0.3) is 0 Å². The second-order valence-electron chi connectivity index (χ2n) is 9.26. The quantitative estimate of drug-likeness (QED) is 0.0692. The van der Waals surface area contributed by atoms with Gasteiger partial charge in [-0.1, -0.05) is 6.92 Å². The van der Waals surface area contributed by atoms with Gasteiger partial charge in [-0.2, -0.15) is 0 Å². The van der Waals surface area contributed by atoms with Crippen molar-refractivity contribution in [2.24, 2.45) is 5.92 Å². The van der Waals surface area contributed by atoms with E-state index in [9.17, 15) is 14.4 Å². The third kappa shape index (κ3) is 37.8.